The van der Waals surface area contributed by atoms with Gasteiger partial charge in [-0.3, -0.25) is 4.79 Å². The van der Waals surface area contributed by atoms with Crippen molar-refractivity contribution in [1.29, 1.82) is 0 Å². The van der Waals surface area contributed by atoms with Gasteiger partial charge in [0.25, 0.3) is 5.56 Å². The first-order valence-corrected chi connectivity index (χ1v) is 8.37. The van der Waals surface area contributed by atoms with Gasteiger partial charge < -0.3 is 10.2 Å². The van der Waals surface area contributed by atoms with Crippen LogP contribution in [0.1, 0.15) is 25.7 Å². The molecule has 1 saturated heterocycles. The number of nitrogens with one attached hydrogen (secondary N) is 1. The third kappa shape index (κ3) is 3.67. The highest BCUT2D eigenvalue weighted by Crippen LogP contribution is 2.26. The van der Waals surface area contributed by atoms with Crippen molar-refractivity contribution >= 4 is 28.7 Å². The van der Waals surface area contributed by atoms with Crippen molar-refractivity contribution in [1.82, 2.24) is 9.78 Å². The molecule has 1 aromatic heterocycles. The first-order chi connectivity index (χ1) is 11.1. The zero-order valence-corrected chi connectivity index (χ0v) is 14.0. The summed E-state index contributed by atoms with van der Waals surface area (Å²) >= 11 is 6.11. The number of nitrogens with zero attached hydrogens (tertiary/aromatic N) is 3. The maximum Gasteiger partial charge on any atom is 0.287 e. The number of aromatic nitrogens is 2. The Morgan fingerprint density at radius 1 is 1.17 bits per heavy atom. The molecular weight excluding hydrogens is 312 g/mol. The minimum Gasteiger partial charge on any atom is -0.371 e. The van der Waals surface area contributed by atoms with E-state index < -0.39 is 0 Å². The summed E-state index contributed by atoms with van der Waals surface area (Å²) in [5.41, 5.74) is 2.33. The van der Waals surface area contributed by atoms with Crippen molar-refractivity contribution in [2.24, 2.45) is 7.05 Å². The molecule has 122 valence electrons. The first-order valence-electron chi connectivity index (χ1n) is 7.99. The number of anilines is 3. The van der Waals surface area contributed by atoms with Crippen LogP contribution in [0.4, 0.5) is 17.1 Å². The Morgan fingerprint density at radius 2 is 1.91 bits per heavy atom. The molecule has 0 amide bonds. The lowest BCUT2D eigenvalue weighted by molar-refractivity contribution is 0.709. The molecule has 6 heteroatoms. The Bertz CT molecular complexity index is 736. The summed E-state index contributed by atoms with van der Waals surface area (Å²) in [6.07, 6.45) is 6.67. The fraction of sp³-hybridized carbons (Fsp3) is 0.412. The summed E-state index contributed by atoms with van der Waals surface area (Å²) in [4.78, 5) is 14.3. The van der Waals surface area contributed by atoms with Gasteiger partial charge >= 0.3 is 0 Å². The summed E-state index contributed by atoms with van der Waals surface area (Å²) in [6.45, 7) is 2.19. The van der Waals surface area contributed by atoms with E-state index in [0.717, 1.165) is 18.8 Å². The van der Waals surface area contributed by atoms with Crippen LogP contribution in [0.15, 0.2) is 35.3 Å². The fourth-order valence-corrected chi connectivity index (χ4v) is 3.08. The van der Waals surface area contributed by atoms with Gasteiger partial charge in [-0.1, -0.05) is 30.5 Å². The van der Waals surface area contributed by atoms with Gasteiger partial charge in [-0.25, -0.2) is 4.68 Å². The summed E-state index contributed by atoms with van der Waals surface area (Å²) in [6, 6.07) is 8.21. The molecule has 3 rings (SSSR count). The highest BCUT2D eigenvalue weighted by atomic mass is 35.5. The van der Waals surface area contributed by atoms with Crippen LogP contribution in [0.5, 0.6) is 0 Å². The highest BCUT2D eigenvalue weighted by molar-refractivity contribution is 6.33. The number of rotatable bonds is 3. The molecule has 2 aromatic rings. The topological polar surface area (TPSA) is 50.2 Å². The number of halogens is 1. The van der Waals surface area contributed by atoms with Gasteiger partial charge in [0.05, 0.1) is 11.9 Å². The molecule has 0 bridgehead atoms. The number of hydrogen-bond acceptors (Lipinski definition) is 4. The van der Waals surface area contributed by atoms with E-state index in [9.17, 15) is 4.79 Å². The number of benzene rings is 1. The summed E-state index contributed by atoms with van der Waals surface area (Å²) < 4.78 is 1.22. The summed E-state index contributed by atoms with van der Waals surface area (Å²) in [5.74, 6) is 0. The van der Waals surface area contributed by atoms with E-state index in [1.54, 1.807) is 13.2 Å². The van der Waals surface area contributed by atoms with Crippen LogP contribution in [0.3, 0.4) is 0 Å². The molecule has 2 heterocycles. The van der Waals surface area contributed by atoms with E-state index >= 15 is 0 Å². The van der Waals surface area contributed by atoms with Gasteiger partial charge in [0.2, 0.25) is 0 Å². The standard InChI is InChI=1S/C17H21ClN4O/c1-21-17(23)16(18)15(12-19-21)20-13-7-6-8-14(11-13)22-9-4-2-3-5-10-22/h6-8,11-12,20H,2-5,9-10H2,1H3. The van der Waals surface area contributed by atoms with Gasteiger partial charge in [0, 0.05) is 31.5 Å². The van der Waals surface area contributed by atoms with E-state index in [0.29, 0.717) is 5.69 Å². The number of aryl methyl sites for hydroxylation is 1. The fourth-order valence-electron chi connectivity index (χ4n) is 2.86. The van der Waals surface area contributed by atoms with Gasteiger partial charge in [0.15, 0.2) is 0 Å². The third-order valence-corrected chi connectivity index (χ3v) is 4.54. The van der Waals surface area contributed by atoms with Crippen molar-refractivity contribution in [2.45, 2.75) is 25.7 Å². The molecule has 1 fully saturated rings. The Labute approximate surface area is 140 Å². The van der Waals surface area contributed by atoms with E-state index in [1.807, 2.05) is 12.1 Å². The lowest BCUT2D eigenvalue weighted by Crippen LogP contribution is -2.23. The maximum absolute atomic E-state index is 11.9. The minimum absolute atomic E-state index is 0.155. The van der Waals surface area contributed by atoms with Crippen LogP contribution in [0, 0.1) is 0 Å². The minimum atomic E-state index is -0.305. The predicted molar refractivity (Wildman–Crippen MR) is 94.9 cm³/mol. The van der Waals surface area contributed by atoms with Gasteiger partial charge in [-0.05, 0) is 31.0 Å². The molecule has 1 aromatic carbocycles. The molecule has 0 atom stereocenters. The Kier molecular flexibility index (Phi) is 4.86. The predicted octanol–water partition coefficient (Wildman–Crippen LogP) is 3.56. The summed E-state index contributed by atoms with van der Waals surface area (Å²) in [7, 11) is 1.58. The molecule has 0 aliphatic carbocycles. The van der Waals surface area contributed by atoms with E-state index in [-0.39, 0.29) is 10.6 Å². The second-order valence-electron chi connectivity index (χ2n) is 5.88. The number of hydrogen-bond donors (Lipinski definition) is 1. The average molecular weight is 333 g/mol. The molecule has 0 spiro atoms. The molecule has 0 radical (unpaired) electrons. The quantitative estimate of drug-likeness (QED) is 0.933. The molecule has 1 aliphatic rings. The molecule has 1 aliphatic heterocycles. The molecule has 0 unspecified atom stereocenters. The normalized spacial score (nSPS) is 15.3. The molecule has 23 heavy (non-hydrogen) atoms. The van der Waals surface area contributed by atoms with Gasteiger partial charge in [-0.15, -0.1) is 0 Å². The van der Waals surface area contributed by atoms with Crippen molar-refractivity contribution < 1.29 is 0 Å². The van der Waals surface area contributed by atoms with Crippen molar-refractivity contribution in [3.63, 3.8) is 0 Å². The van der Waals surface area contributed by atoms with Crippen LogP contribution in [-0.4, -0.2) is 22.9 Å². The molecule has 0 saturated carbocycles. The molecule has 1 N–H and O–H groups in total. The second kappa shape index (κ2) is 7.04. The average Bonchev–Trinajstić information content (AvgIpc) is 2.85. The zero-order chi connectivity index (χ0) is 16.2. The smallest absolute Gasteiger partial charge is 0.287 e. The maximum atomic E-state index is 11.9. The second-order valence-corrected chi connectivity index (χ2v) is 6.26. The van der Waals surface area contributed by atoms with Gasteiger partial charge in [0.1, 0.15) is 5.02 Å². The third-order valence-electron chi connectivity index (χ3n) is 4.17. The first kappa shape index (κ1) is 15.9. The van der Waals surface area contributed by atoms with Crippen molar-refractivity contribution in [2.75, 3.05) is 23.3 Å². The molecular formula is C17H21ClN4O. The van der Waals surface area contributed by atoms with Crippen LogP contribution >= 0.6 is 11.6 Å². The zero-order valence-electron chi connectivity index (χ0n) is 13.3. The van der Waals surface area contributed by atoms with Crippen LogP contribution in [0.25, 0.3) is 0 Å². The van der Waals surface area contributed by atoms with Crippen molar-refractivity contribution in [3.8, 4) is 0 Å². The van der Waals surface area contributed by atoms with Gasteiger partial charge in [-0.2, -0.15) is 5.10 Å². The van der Waals surface area contributed by atoms with E-state index in [2.05, 4.69) is 27.4 Å². The largest absolute Gasteiger partial charge is 0.371 e. The van der Waals surface area contributed by atoms with Crippen molar-refractivity contribution in [3.05, 3.63) is 45.8 Å². The lowest BCUT2D eigenvalue weighted by atomic mass is 10.2. The Morgan fingerprint density at radius 3 is 2.65 bits per heavy atom. The summed E-state index contributed by atoms with van der Waals surface area (Å²) in [5, 5.41) is 7.36. The monoisotopic (exact) mass is 332 g/mol. The van der Waals surface area contributed by atoms with Crippen LogP contribution < -0.4 is 15.8 Å². The Hall–Kier alpha value is -2.01. The van der Waals surface area contributed by atoms with Crippen LogP contribution in [0.2, 0.25) is 5.02 Å². The van der Waals surface area contributed by atoms with E-state index in [4.69, 9.17) is 11.6 Å². The Balaban J connectivity index is 1.83. The van der Waals surface area contributed by atoms with Crippen LogP contribution in [-0.2, 0) is 7.05 Å². The SMILES string of the molecule is Cn1ncc(Nc2cccc(N3CCCCCC3)c2)c(Cl)c1=O. The highest BCUT2D eigenvalue weighted by Gasteiger charge is 2.11. The lowest BCUT2D eigenvalue weighted by Gasteiger charge is -2.23. The van der Waals surface area contributed by atoms with E-state index in [1.165, 1.54) is 36.1 Å². The molecule has 5 nitrogen and oxygen atoms in total.